The van der Waals surface area contributed by atoms with Gasteiger partial charge in [0.15, 0.2) is 11.3 Å². The van der Waals surface area contributed by atoms with Crippen LogP contribution in [0.1, 0.15) is 40.1 Å². The van der Waals surface area contributed by atoms with Crippen molar-refractivity contribution in [2.45, 2.75) is 32.1 Å². The van der Waals surface area contributed by atoms with Gasteiger partial charge in [0, 0.05) is 36.8 Å². The van der Waals surface area contributed by atoms with E-state index >= 15 is 0 Å². The molecule has 1 N–H and O–H groups in total. The minimum atomic E-state index is -4.76. The summed E-state index contributed by atoms with van der Waals surface area (Å²) in [6.07, 6.45) is -3.63. The third kappa shape index (κ3) is 5.36. The Labute approximate surface area is 233 Å². The number of benzene rings is 2. The second-order valence-corrected chi connectivity index (χ2v) is 10.0. The molecule has 216 valence electrons. The SMILES string of the molecule is COc1ccc(-c2nc3c(C(=O)N4CCN([C@@H](CO)c5cccc(F)c5)C[C@H]4C)cnn3c(C(F)(F)F)c2C)cc1. The lowest BCUT2D eigenvalue weighted by Crippen LogP contribution is -2.55. The van der Waals surface area contributed by atoms with Crippen LogP contribution in [0.15, 0.2) is 54.7 Å². The molecule has 5 rings (SSSR count). The van der Waals surface area contributed by atoms with Crippen molar-refractivity contribution in [1.29, 1.82) is 0 Å². The minimum Gasteiger partial charge on any atom is -0.497 e. The van der Waals surface area contributed by atoms with Crippen LogP contribution < -0.4 is 4.74 Å². The first kappa shape index (κ1) is 28.5. The molecule has 1 amide bonds. The standard InChI is InChI=1S/C29H29F4N5O3/c1-17-15-36(24(16-39)20-5-4-6-21(30)13-20)11-12-37(17)28(40)23-14-34-38-26(29(31,32)33)18(2)25(35-27(23)38)19-7-9-22(41-3)10-8-19/h4-10,13-14,17,24,39H,11-12,15-16H2,1-3H3/t17-,24+/m1/s1. The van der Waals surface area contributed by atoms with Gasteiger partial charge in [0.05, 0.1) is 31.6 Å². The number of rotatable bonds is 6. The Kier molecular flexibility index (Phi) is 7.71. The first-order valence-electron chi connectivity index (χ1n) is 13.0. The molecule has 0 aliphatic carbocycles. The predicted octanol–water partition coefficient (Wildman–Crippen LogP) is 4.75. The van der Waals surface area contributed by atoms with Gasteiger partial charge in [-0.2, -0.15) is 18.3 Å². The van der Waals surface area contributed by atoms with Gasteiger partial charge in [-0.1, -0.05) is 12.1 Å². The summed E-state index contributed by atoms with van der Waals surface area (Å²) >= 11 is 0. The van der Waals surface area contributed by atoms with Crippen LogP contribution in [0.25, 0.3) is 16.9 Å². The largest absolute Gasteiger partial charge is 0.497 e. The average Bonchev–Trinajstić information content (AvgIpc) is 3.35. The number of ether oxygens (including phenoxy) is 1. The number of halogens is 4. The molecule has 1 aliphatic rings. The van der Waals surface area contributed by atoms with Crippen molar-refractivity contribution in [3.63, 3.8) is 0 Å². The van der Waals surface area contributed by atoms with E-state index in [1.54, 1.807) is 41.3 Å². The lowest BCUT2D eigenvalue weighted by molar-refractivity contribution is -0.143. The van der Waals surface area contributed by atoms with Gasteiger partial charge in [-0.25, -0.2) is 13.9 Å². The van der Waals surface area contributed by atoms with Gasteiger partial charge in [0.2, 0.25) is 0 Å². The molecule has 12 heteroatoms. The number of nitrogens with zero attached hydrogens (tertiary/aromatic N) is 5. The van der Waals surface area contributed by atoms with E-state index < -0.39 is 29.6 Å². The van der Waals surface area contributed by atoms with Crippen molar-refractivity contribution in [3.05, 3.63) is 82.9 Å². The van der Waals surface area contributed by atoms with Crippen LogP contribution in [-0.2, 0) is 6.18 Å². The highest BCUT2D eigenvalue weighted by Gasteiger charge is 2.39. The van der Waals surface area contributed by atoms with E-state index in [4.69, 9.17) is 4.74 Å². The van der Waals surface area contributed by atoms with Crippen LogP contribution in [0.5, 0.6) is 5.75 Å². The van der Waals surface area contributed by atoms with Crippen LogP contribution in [0.4, 0.5) is 17.6 Å². The van der Waals surface area contributed by atoms with E-state index in [1.807, 2.05) is 11.8 Å². The zero-order chi connectivity index (χ0) is 29.5. The predicted molar refractivity (Wildman–Crippen MR) is 143 cm³/mol. The van der Waals surface area contributed by atoms with Gasteiger partial charge in [0.1, 0.15) is 17.1 Å². The molecule has 1 fully saturated rings. The summed E-state index contributed by atoms with van der Waals surface area (Å²) in [5.41, 5.74) is -0.230. The summed E-state index contributed by atoms with van der Waals surface area (Å²) in [6.45, 7) is 3.88. The highest BCUT2D eigenvalue weighted by molar-refractivity contribution is 6.00. The van der Waals surface area contributed by atoms with E-state index in [-0.39, 0.29) is 41.7 Å². The smallest absolute Gasteiger partial charge is 0.433 e. The van der Waals surface area contributed by atoms with E-state index in [0.717, 1.165) is 6.20 Å². The van der Waals surface area contributed by atoms with Crippen molar-refractivity contribution in [3.8, 4) is 17.0 Å². The Hall–Kier alpha value is -4.03. The number of aromatic nitrogens is 3. The third-order valence-electron chi connectivity index (χ3n) is 7.51. The number of methoxy groups -OCH3 is 1. The molecule has 1 aliphatic heterocycles. The van der Waals surface area contributed by atoms with Gasteiger partial charge < -0.3 is 14.7 Å². The van der Waals surface area contributed by atoms with E-state index in [2.05, 4.69) is 10.1 Å². The molecule has 0 bridgehead atoms. The number of aliphatic hydroxyl groups excluding tert-OH is 1. The molecule has 0 saturated carbocycles. The topological polar surface area (TPSA) is 83.2 Å². The molecule has 2 aromatic heterocycles. The molecule has 4 aromatic rings. The maximum Gasteiger partial charge on any atom is 0.433 e. The van der Waals surface area contributed by atoms with E-state index in [0.29, 0.717) is 34.5 Å². The Morgan fingerprint density at radius 3 is 2.51 bits per heavy atom. The number of aliphatic hydroxyl groups is 1. The van der Waals surface area contributed by atoms with Crippen molar-refractivity contribution < 1.29 is 32.2 Å². The first-order chi connectivity index (χ1) is 19.5. The zero-order valence-electron chi connectivity index (χ0n) is 22.7. The molecule has 1 saturated heterocycles. The Bertz CT molecular complexity index is 1570. The highest BCUT2D eigenvalue weighted by atomic mass is 19.4. The van der Waals surface area contributed by atoms with Gasteiger partial charge in [-0.05, 0) is 55.8 Å². The van der Waals surface area contributed by atoms with Gasteiger partial charge in [0.25, 0.3) is 5.91 Å². The summed E-state index contributed by atoms with van der Waals surface area (Å²) in [7, 11) is 1.49. The minimum absolute atomic E-state index is 0.0469. The van der Waals surface area contributed by atoms with Crippen molar-refractivity contribution in [2.24, 2.45) is 0 Å². The van der Waals surface area contributed by atoms with Crippen LogP contribution in [-0.4, -0.2) is 74.8 Å². The fourth-order valence-corrected chi connectivity index (χ4v) is 5.46. The monoisotopic (exact) mass is 571 g/mol. The Morgan fingerprint density at radius 1 is 1.17 bits per heavy atom. The molecule has 8 nitrogen and oxygen atoms in total. The van der Waals surface area contributed by atoms with Gasteiger partial charge in [-0.15, -0.1) is 0 Å². The maximum atomic E-state index is 14.3. The second-order valence-electron chi connectivity index (χ2n) is 10.0. The lowest BCUT2D eigenvalue weighted by Gasteiger charge is -2.43. The molecule has 0 radical (unpaired) electrons. The second kappa shape index (κ2) is 11.1. The normalized spacial score (nSPS) is 17.2. The summed E-state index contributed by atoms with van der Waals surface area (Å²) in [5, 5.41) is 14.0. The van der Waals surface area contributed by atoms with Crippen LogP contribution in [0, 0.1) is 12.7 Å². The number of piperazine rings is 1. The van der Waals surface area contributed by atoms with Crippen LogP contribution in [0.2, 0.25) is 0 Å². The number of carbonyl (C=O) groups excluding carboxylic acids is 1. The quantitative estimate of drug-likeness (QED) is 0.337. The molecule has 41 heavy (non-hydrogen) atoms. The van der Waals surface area contributed by atoms with Crippen molar-refractivity contribution >= 4 is 11.6 Å². The molecule has 0 unspecified atom stereocenters. The Balaban J connectivity index is 1.49. The number of carbonyl (C=O) groups is 1. The number of amides is 1. The van der Waals surface area contributed by atoms with E-state index in [9.17, 15) is 27.5 Å². The highest BCUT2D eigenvalue weighted by Crippen LogP contribution is 2.37. The number of hydrogen-bond acceptors (Lipinski definition) is 6. The van der Waals surface area contributed by atoms with Crippen LogP contribution >= 0.6 is 0 Å². The summed E-state index contributed by atoms with van der Waals surface area (Å²) < 4.78 is 62.5. The number of hydrogen-bond donors (Lipinski definition) is 1. The fourth-order valence-electron chi connectivity index (χ4n) is 5.46. The summed E-state index contributed by atoms with van der Waals surface area (Å²) in [4.78, 5) is 21.8. The molecule has 2 atom stereocenters. The summed E-state index contributed by atoms with van der Waals surface area (Å²) in [5.74, 6) is -0.368. The van der Waals surface area contributed by atoms with Gasteiger partial charge >= 0.3 is 6.18 Å². The number of alkyl halides is 3. The van der Waals surface area contributed by atoms with Crippen molar-refractivity contribution in [2.75, 3.05) is 33.4 Å². The number of fused-ring (bicyclic) bond motifs is 1. The molecular formula is C29H29F4N5O3. The average molecular weight is 572 g/mol. The Morgan fingerprint density at radius 2 is 1.90 bits per heavy atom. The van der Waals surface area contributed by atoms with Crippen molar-refractivity contribution in [1.82, 2.24) is 24.4 Å². The maximum absolute atomic E-state index is 14.3. The zero-order valence-corrected chi connectivity index (χ0v) is 22.7. The molecule has 3 heterocycles. The van der Waals surface area contributed by atoms with E-state index in [1.165, 1.54) is 26.2 Å². The first-order valence-corrected chi connectivity index (χ1v) is 13.0. The fraction of sp³-hybridized carbons (Fsp3) is 0.345. The molecular weight excluding hydrogens is 542 g/mol. The molecule has 0 spiro atoms. The van der Waals surface area contributed by atoms with Gasteiger partial charge in [-0.3, -0.25) is 9.69 Å². The lowest BCUT2D eigenvalue weighted by atomic mass is 10.0. The molecule has 2 aromatic carbocycles. The summed E-state index contributed by atoms with van der Waals surface area (Å²) in [6, 6.07) is 11.7. The third-order valence-corrected chi connectivity index (χ3v) is 7.51. The van der Waals surface area contributed by atoms with Crippen LogP contribution in [0.3, 0.4) is 0 Å².